The van der Waals surface area contributed by atoms with Gasteiger partial charge in [-0.25, -0.2) is 0 Å². The van der Waals surface area contributed by atoms with E-state index < -0.39 is 0 Å². The molecule has 1 saturated carbocycles. The van der Waals surface area contributed by atoms with Gasteiger partial charge in [0.1, 0.15) is 0 Å². The van der Waals surface area contributed by atoms with Crippen molar-refractivity contribution in [1.29, 1.82) is 0 Å². The average molecular weight is 224 g/mol. The Kier molecular flexibility index (Phi) is 5.64. The highest BCUT2D eigenvalue weighted by atomic mass is 14.9. The second-order valence-electron chi connectivity index (χ2n) is 5.66. The van der Waals surface area contributed by atoms with Crippen LogP contribution in [0.25, 0.3) is 0 Å². The summed E-state index contributed by atoms with van der Waals surface area (Å²) in [6.45, 7) is 3.72. The van der Waals surface area contributed by atoms with Gasteiger partial charge >= 0.3 is 0 Å². The summed E-state index contributed by atoms with van der Waals surface area (Å²) in [5, 5.41) is 7.32. The molecule has 0 bridgehead atoms. The Morgan fingerprint density at radius 2 is 1.62 bits per heavy atom. The molecular weight excluding hydrogens is 196 g/mol. The van der Waals surface area contributed by atoms with Crippen LogP contribution in [0.3, 0.4) is 0 Å². The predicted molar refractivity (Wildman–Crippen MR) is 69.7 cm³/mol. The first-order chi connectivity index (χ1) is 7.95. The largest absolute Gasteiger partial charge is 0.316 e. The van der Waals surface area contributed by atoms with Crippen LogP contribution in [0.4, 0.5) is 0 Å². The number of piperidine rings is 1. The fourth-order valence-electron chi connectivity index (χ4n) is 3.09. The van der Waals surface area contributed by atoms with Crippen LogP contribution in [0.5, 0.6) is 0 Å². The lowest BCUT2D eigenvalue weighted by Crippen LogP contribution is -2.40. The van der Waals surface area contributed by atoms with Gasteiger partial charge in [0.2, 0.25) is 0 Å². The molecule has 2 aliphatic rings. The molecular formula is C14H28N2. The Balaban J connectivity index is 1.62. The molecule has 2 heteroatoms. The number of hydrogen-bond acceptors (Lipinski definition) is 2. The standard InChI is InChI=1S/C14H28N2/c1-2-4-8-14(9-5-3-1)16-12-13-7-6-10-15-11-13/h13-16H,1-12H2. The van der Waals surface area contributed by atoms with E-state index >= 15 is 0 Å². The van der Waals surface area contributed by atoms with E-state index in [1.165, 1.54) is 77.4 Å². The fraction of sp³-hybridized carbons (Fsp3) is 1.00. The van der Waals surface area contributed by atoms with Crippen molar-refractivity contribution in [3.63, 3.8) is 0 Å². The van der Waals surface area contributed by atoms with Crippen molar-refractivity contribution in [1.82, 2.24) is 10.6 Å². The van der Waals surface area contributed by atoms with E-state index in [0.717, 1.165) is 12.0 Å². The first kappa shape index (κ1) is 12.4. The first-order valence-electron chi connectivity index (χ1n) is 7.39. The molecule has 0 radical (unpaired) electrons. The highest BCUT2D eigenvalue weighted by Gasteiger charge is 2.15. The summed E-state index contributed by atoms with van der Waals surface area (Å²) in [6.07, 6.45) is 12.9. The smallest absolute Gasteiger partial charge is 0.00671 e. The van der Waals surface area contributed by atoms with Crippen LogP contribution in [-0.4, -0.2) is 25.7 Å². The van der Waals surface area contributed by atoms with E-state index in [0.29, 0.717) is 0 Å². The van der Waals surface area contributed by atoms with Gasteiger partial charge in [0.05, 0.1) is 0 Å². The van der Waals surface area contributed by atoms with E-state index in [4.69, 9.17) is 0 Å². The molecule has 1 aliphatic carbocycles. The van der Waals surface area contributed by atoms with E-state index in [2.05, 4.69) is 10.6 Å². The highest BCUT2D eigenvalue weighted by Crippen LogP contribution is 2.17. The molecule has 0 aromatic carbocycles. The predicted octanol–water partition coefficient (Wildman–Crippen LogP) is 2.69. The van der Waals surface area contributed by atoms with Gasteiger partial charge < -0.3 is 10.6 Å². The lowest BCUT2D eigenvalue weighted by molar-refractivity contribution is 0.319. The zero-order valence-corrected chi connectivity index (χ0v) is 10.6. The molecule has 1 saturated heterocycles. The highest BCUT2D eigenvalue weighted by molar-refractivity contribution is 4.75. The lowest BCUT2D eigenvalue weighted by Gasteiger charge is -2.27. The third kappa shape index (κ3) is 4.42. The van der Waals surface area contributed by atoms with Gasteiger partial charge in [0.25, 0.3) is 0 Å². The van der Waals surface area contributed by atoms with Crippen molar-refractivity contribution in [2.75, 3.05) is 19.6 Å². The minimum absolute atomic E-state index is 0.822. The van der Waals surface area contributed by atoms with Crippen molar-refractivity contribution in [3.05, 3.63) is 0 Å². The molecule has 2 nitrogen and oxygen atoms in total. The molecule has 1 aliphatic heterocycles. The number of hydrogen-bond donors (Lipinski definition) is 2. The second-order valence-corrected chi connectivity index (χ2v) is 5.66. The van der Waals surface area contributed by atoms with Crippen molar-refractivity contribution in [3.8, 4) is 0 Å². The molecule has 0 aromatic rings. The molecule has 16 heavy (non-hydrogen) atoms. The van der Waals surface area contributed by atoms with Gasteiger partial charge in [-0.05, 0) is 51.2 Å². The van der Waals surface area contributed by atoms with E-state index in [-0.39, 0.29) is 0 Å². The maximum absolute atomic E-state index is 3.82. The molecule has 2 N–H and O–H groups in total. The van der Waals surface area contributed by atoms with Crippen LogP contribution in [0.2, 0.25) is 0 Å². The van der Waals surface area contributed by atoms with Crippen LogP contribution in [0, 0.1) is 5.92 Å². The average Bonchev–Trinajstić information content (AvgIpc) is 2.29. The van der Waals surface area contributed by atoms with Gasteiger partial charge in [0.15, 0.2) is 0 Å². The summed E-state index contributed by atoms with van der Waals surface area (Å²) in [4.78, 5) is 0. The monoisotopic (exact) mass is 224 g/mol. The molecule has 0 amide bonds. The Bertz CT molecular complexity index is 168. The Morgan fingerprint density at radius 3 is 2.31 bits per heavy atom. The molecule has 1 unspecified atom stereocenters. The second kappa shape index (κ2) is 7.29. The maximum Gasteiger partial charge on any atom is 0.00671 e. The topological polar surface area (TPSA) is 24.1 Å². The van der Waals surface area contributed by atoms with Gasteiger partial charge in [-0.2, -0.15) is 0 Å². The summed E-state index contributed by atoms with van der Waals surface area (Å²) in [5.74, 6) is 0.888. The number of rotatable bonds is 3. The van der Waals surface area contributed by atoms with Crippen LogP contribution < -0.4 is 10.6 Å². The van der Waals surface area contributed by atoms with Crippen LogP contribution in [0.15, 0.2) is 0 Å². The minimum atomic E-state index is 0.822. The summed E-state index contributed by atoms with van der Waals surface area (Å²) >= 11 is 0. The SMILES string of the molecule is C1CCCC(NCC2CCCNC2)CCC1. The molecule has 0 aromatic heterocycles. The van der Waals surface area contributed by atoms with Gasteiger partial charge in [0, 0.05) is 6.04 Å². The summed E-state index contributed by atoms with van der Waals surface area (Å²) in [5.41, 5.74) is 0. The van der Waals surface area contributed by atoms with Gasteiger partial charge in [-0.3, -0.25) is 0 Å². The van der Waals surface area contributed by atoms with Crippen molar-refractivity contribution in [2.45, 2.75) is 63.8 Å². The molecule has 1 heterocycles. The Morgan fingerprint density at radius 1 is 0.875 bits per heavy atom. The molecule has 1 atom stereocenters. The molecule has 94 valence electrons. The van der Waals surface area contributed by atoms with E-state index in [1.54, 1.807) is 0 Å². The summed E-state index contributed by atoms with van der Waals surface area (Å²) in [6, 6.07) is 0.822. The van der Waals surface area contributed by atoms with Crippen LogP contribution in [0.1, 0.15) is 57.8 Å². The van der Waals surface area contributed by atoms with Crippen molar-refractivity contribution >= 4 is 0 Å². The normalized spacial score (nSPS) is 29.6. The zero-order valence-electron chi connectivity index (χ0n) is 10.6. The summed E-state index contributed by atoms with van der Waals surface area (Å²) < 4.78 is 0. The van der Waals surface area contributed by atoms with Crippen molar-refractivity contribution < 1.29 is 0 Å². The zero-order chi connectivity index (χ0) is 11.1. The van der Waals surface area contributed by atoms with Gasteiger partial charge in [-0.15, -0.1) is 0 Å². The Hall–Kier alpha value is -0.0800. The molecule has 2 fully saturated rings. The summed E-state index contributed by atoms with van der Waals surface area (Å²) in [7, 11) is 0. The van der Waals surface area contributed by atoms with Crippen LogP contribution >= 0.6 is 0 Å². The number of nitrogens with one attached hydrogen (secondary N) is 2. The van der Waals surface area contributed by atoms with E-state index in [9.17, 15) is 0 Å². The molecule has 0 spiro atoms. The van der Waals surface area contributed by atoms with E-state index in [1.807, 2.05) is 0 Å². The third-order valence-corrected chi connectivity index (χ3v) is 4.20. The van der Waals surface area contributed by atoms with Crippen molar-refractivity contribution in [2.24, 2.45) is 5.92 Å². The van der Waals surface area contributed by atoms with Gasteiger partial charge in [-0.1, -0.05) is 32.1 Å². The molecule has 2 rings (SSSR count). The first-order valence-corrected chi connectivity index (χ1v) is 7.39. The lowest BCUT2D eigenvalue weighted by atomic mass is 9.95. The Labute approximate surface area is 101 Å². The fourth-order valence-corrected chi connectivity index (χ4v) is 3.09. The van der Waals surface area contributed by atoms with Crippen LogP contribution in [-0.2, 0) is 0 Å². The third-order valence-electron chi connectivity index (χ3n) is 4.20. The maximum atomic E-state index is 3.82. The quantitative estimate of drug-likeness (QED) is 0.770. The minimum Gasteiger partial charge on any atom is -0.316 e.